The van der Waals surface area contributed by atoms with Gasteiger partial charge in [-0.1, -0.05) is 0 Å². The molecular formula is C18H20FN5O. The number of carbonyl (C=O) groups excluding carboxylic acids is 1. The molecule has 0 fully saturated rings. The molecule has 7 heteroatoms. The van der Waals surface area contributed by atoms with Crippen LogP contribution >= 0.6 is 0 Å². The Kier molecular flexibility index (Phi) is 4.92. The summed E-state index contributed by atoms with van der Waals surface area (Å²) >= 11 is 0. The van der Waals surface area contributed by atoms with Gasteiger partial charge in [0.15, 0.2) is 0 Å². The lowest BCUT2D eigenvalue weighted by Crippen LogP contribution is -2.25. The predicted molar refractivity (Wildman–Crippen MR) is 92.6 cm³/mol. The predicted octanol–water partition coefficient (Wildman–Crippen LogP) is 2.85. The number of hydrogen-bond donors (Lipinski definition) is 2. The van der Waals surface area contributed by atoms with Crippen molar-refractivity contribution in [1.82, 2.24) is 25.3 Å². The van der Waals surface area contributed by atoms with Gasteiger partial charge in [-0.2, -0.15) is 10.2 Å². The van der Waals surface area contributed by atoms with Gasteiger partial charge in [0.05, 0.1) is 11.4 Å². The van der Waals surface area contributed by atoms with E-state index in [1.807, 2.05) is 24.6 Å². The van der Waals surface area contributed by atoms with Gasteiger partial charge in [-0.15, -0.1) is 0 Å². The van der Waals surface area contributed by atoms with E-state index in [0.717, 1.165) is 29.9 Å². The van der Waals surface area contributed by atoms with Crippen LogP contribution in [0, 0.1) is 19.7 Å². The van der Waals surface area contributed by atoms with Crippen LogP contribution < -0.4 is 5.32 Å². The fourth-order valence-corrected chi connectivity index (χ4v) is 2.63. The number of benzene rings is 1. The fraction of sp³-hybridized carbons (Fsp3) is 0.278. The first-order valence-electron chi connectivity index (χ1n) is 8.13. The zero-order valence-corrected chi connectivity index (χ0v) is 14.2. The van der Waals surface area contributed by atoms with Crippen LogP contribution in [0.15, 0.2) is 36.4 Å². The van der Waals surface area contributed by atoms with Crippen LogP contribution in [0.4, 0.5) is 4.39 Å². The third kappa shape index (κ3) is 4.12. The summed E-state index contributed by atoms with van der Waals surface area (Å²) in [6, 6.07) is 9.67. The van der Waals surface area contributed by atoms with Crippen molar-refractivity contribution in [3.63, 3.8) is 0 Å². The van der Waals surface area contributed by atoms with Gasteiger partial charge in [-0.05, 0) is 56.7 Å². The molecule has 0 spiro atoms. The van der Waals surface area contributed by atoms with Crippen molar-refractivity contribution < 1.29 is 9.18 Å². The Hall–Kier alpha value is -2.96. The van der Waals surface area contributed by atoms with Gasteiger partial charge in [0.25, 0.3) is 5.91 Å². The molecule has 1 aromatic carbocycles. The molecule has 0 saturated carbocycles. The number of amides is 1. The van der Waals surface area contributed by atoms with E-state index in [1.165, 1.54) is 12.1 Å². The van der Waals surface area contributed by atoms with Crippen LogP contribution in [0.25, 0.3) is 11.3 Å². The molecule has 0 bridgehead atoms. The lowest BCUT2D eigenvalue weighted by Gasteiger charge is -2.05. The van der Waals surface area contributed by atoms with E-state index in [4.69, 9.17) is 0 Å². The van der Waals surface area contributed by atoms with E-state index in [9.17, 15) is 9.18 Å². The third-order valence-electron chi connectivity index (χ3n) is 3.90. The number of aromatic amines is 1. The maximum Gasteiger partial charge on any atom is 0.269 e. The largest absolute Gasteiger partial charge is 0.351 e. The summed E-state index contributed by atoms with van der Waals surface area (Å²) in [5.74, 6) is -0.519. The molecule has 130 valence electrons. The van der Waals surface area contributed by atoms with E-state index in [1.54, 1.807) is 18.2 Å². The summed E-state index contributed by atoms with van der Waals surface area (Å²) in [4.78, 5) is 12.2. The number of carbonyl (C=O) groups is 1. The molecule has 25 heavy (non-hydrogen) atoms. The molecule has 2 heterocycles. The second-order valence-corrected chi connectivity index (χ2v) is 5.93. The number of hydrogen-bond acceptors (Lipinski definition) is 3. The molecule has 2 aromatic heterocycles. The Morgan fingerprint density at radius 1 is 1.24 bits per heavy atom. The van der Waals surface area contributed by atoms with E-state index < -0.39 is 0 Å². The monoisotopic (exact) mass is 341 g/mol. The Balaban J connectivity index is 1.52. The van der Waals surface area contributed by atoms with Crippen molar-refractivity contribution >= 4 is 5.91 Å². The second-order valence-electron chi connectivity index (χ2n) is 5.93. The quantitative estimate of drug-likeness (QED) is 0.677. The van der Waals surface area contributed by atoms with Gasteiger partial charge < -0.3 is 5.32 Å². The topological polar surface area (TPSA) is 75.6 Å². The highest BCUT2D eigenvalue weighted by Crippen LogP contribution is 2.17. The van der Waals surface area contributed by atoms with Gasteiger partial charge in [0, 0.05) is 24.3 Å². The Morgan fingerprint density at radius 3 is 2.68 bits per heavy atom. The number of nitrogens with zero attached hydrogens (tertiary/aromatic N) is 3. The highest BCUT2D eigenvalue weighted by atomic mass is 19.1. The van der Waals surface area contributed by atoms with Crippen LogP contribution in [0.1, 0.15) is 28.3 Å². The van der Waals surface area contributed by atoms with Crippen LogP contribution in [0.5, 0.6) is 0 Å². The molecule has 0 radical (unpaired) electrons. The zero-order valence-electron chi connectivity index (χ0n) is 14.2. The van der Waals surface area contributed by atoms with Gasteiger partial charge in [0.1, 0.15) is 11.5 Å². The molecule has 2 N–H and O–H groups in total. The average Bonchev–Trinajstić information content (AvgIpc) is 3.19. The van der Waals surface area contributed by atoms with Crippen LogP contribution in [0.3, 0.4) is 0 Å². The maximum atomic E-state index is 13.0. The summed E-state index contributed by atoms with van der Waals surface area (Å²) in [6.07, 6.45) is 0.784. The summed E-state index contributed by atoms with van der Waals surface area (Å²) in [7, 11) is 0. The molecule has 3 aromatic rings. The molecule has 0 aliphatic heterocycles. The molecule has 3 rings (SSSR count). The lowest BCUT2D eigenvalue weighted by molar-refractivity contribution is 0.0947. The van der Waals surface area contributed by atoms with Crippen LogP contribution in [0.2, 0.25) is 0 Å². The minimum atomic E-state index is -0.306. The molecule has 0 atom stereocenters. The molecule has 6 nitrogen and oxygen atoms in total. The lowest BCUT2D eigenvalue weighted by atomic mass is 10.1. The number of H-pyrrole nitrogens is 1. The molecular weight excluding hydrogens is 321 g/mol. The Labute approximate surface area is 145 Å². The third-order valence-corrected chi connectivity index (χ3v) is 3.90. The van der Waals surface area contributed by atoms with Crippen LogP contribution in [-0.2, 0) is 6.54 Å². The van der Waals surface area contributed by atoms with Crippen molar-refractivity contribution in [2.45, 2.75) is 26.8 Å². The minimum Gasteiger partial charge on any atom is -0.351 e. The smallest absolute Gasteiger partial charge is 0.269 e. The highest BCUT2D eigenvalue weighted by molar-refractivity contribution is 5.93. The van der Waals surface area contributed by atoms with Crippen molar-refractivity contribution in [3.05, 3.63) is 59.3 Å². The summed E-state index contributed by atoms with van der Waals surface area (Å²) in [5.41, 5.74) is 3.84. The average molecular weight is 341 g/mol. The van der Waals surface area contributed by atoms with Gasteiger partial charge in [-0.3, -0.25) is 14.6 Å². The number of halogens is 1. The molecule has 0 aliphatic carbocycles. The number of aryl methyl sites for hydroxylation is 3. The first kappa shape index (κ1) is 16.9. The first-order chi connectivity index (χ1) is 12.0. The van der Waals surface area contributed by atoms with E-state index in [2.05, 4.69) is 20.6 Å². The normalized spacial score (nSPS) is 10.8. The Morgan fingerprint density at radius 2 is 2.00 bits per heavy atom. The van der Waals surface area contributed by atoms with Gasteiger partial charge in [-0.25, -0.2) is 4.39 Å². The SMILES string of the molecule is Cc1cc(C)n(CCCNC(=O)c2cc(-c3ccc(F)cc3)n[nH]2)n1. The summed E-state index contributed by atoms with van der Waals surface area (Å²) in [6.45, 7) is 5.27. The van der Waals surface area contributed by atoms with Crippen molar-refractivity contribution in [2.75, 3.05) is 6.54 Å². The summed E-state index contributed by atoms with van der Waals surface area (Å²) < 4.78 is 14.9. The number of rotatable bonds is 6. The van der Waals surface area contributed by atoms with Crippen LogP contribution in [-0.4, -0.2) is 32.4 Å². The van der Waals surface area contributed by atoms with E-state index in [-0.39, 0.29) is 11.7 Å². The standard InChI is InChI=1S/C18H20FN5O/c1-12-10-13(2)24(23-12)9-3-8-20-18(25)17-11-16(21-22-17)14-4-6-15(19)7-5-14/h4-7,10-11H,3,8-9H2,1-2H3,(H,20,25)(H,21,22). The first-order valence-corrected chi connectivity index (χ1v) is 8.13. The molecule has 1 amide bonds. The fourth-order valence-electron chi connectivity index (χ4n) is 2.63. The molecule has 0 saturated heterocycles. The zero-order chi connectivity index (χ0) is 17.8. The second kappa shape index (κ2) is 7.29. The highest BCUT2D eigenvalue weighted by Gasteiger charge is 2.11. The van der Waals surface area contributed by atoms with Crippen molar-refractivity contribution in [3.8, 4) is 11.3 Å². The van der Waals surface area contributed by atoms with E-state index >= 15 is 0 Å². The summed E-state index contributed by atoms with van der Waals surface area (Å²) in [5, 5.41) is 14.1. The van der Waals surface area contributed by atoms with E-state index in [0.29, 0.717) is 17.9 Å². The van der Waals surface area contributed by atoms with Gasteiger partial charge in [0.2, 0.25) is 0 Å². The maximum absolute atomic E-state index is 13.0. The number of aromatic nitrogens is 4. The molecule has 0 unspecified atom stereocenters. The molecule has 0 aliphatic rings. The van der Waals surface area contributed by atoms with Gasteiger partial charge >= 0.3 is 0 Å². The van der Waals surface area contributed by atoms with Crippen molar-refractivity contribution in [2.24, 2.45) is 0 Å². The Bertz CT molecular complexity index is 866. The van der Waals surface area contributed by atoms with Crippen molar-refractivity contribution in [1.29, 1.82) is 0 Å². The minimum absolute atomic E-state index is 0.214. The number of nitrogens with one attached hydrogen (secondary N) is 2.